The summed E-state index contributed by atoms with van der Waals surface area (Å²) in [6, 6.07) is 0. The van der Waals surface area contributed by atoms with E-state index in [1.807, 2.05) is 0 Å². The van der Waals surface area contributed by atoms with Gasteiger partial charge in [0.05, 0.1) is 6.10 Å². The van der Waals surface area contributed by atoms with Crippen LogP contribution >= 0.6 is 0 Å². The Hall–Kier alpha value is -0.0400. The van der Waals surface area contributed by atoms with E-state index in [4.69, 9.17) is 0 Å². The molecule has 5 aliphatic carbocycles. The Morgan fingerprint density at radius 3 is 1.82 bits per heavy atom. The second-order valence-electron chi connectivity index (χ2n) is 5.52. The molecule has 1 heteroatoms. The van der Waals surface area contributed by atoms with Crippen LogP contribution in [0.15, 0.2) is 0 Å². The second kappa shape index (κ2) is 1.02. The van der Waals surface area contributed by atoms with Gasteiger partial charge >= 0.3 is 0 Å². The minimum Gasteiger partial charge on any atom is -0.393 e. The van der Waals surface area contributed by atoms with E-state index in [0.29, 0.717) is 0 Å². The summed E-state index contributed by atoms with van der Waals surface area (Å²) in [5.74, 6) is 7.91. The Morgan fingerprint density at radius 2 is 1.27 bits per heavy atom. The molecule has 5 aliphatic rings. The lowest BCUT2D eigenvalue weighted by Gasteiger charge is -2.64. The summed E-state index contributed by atoms with van der Waals surface area (Å²) in [5.41, 5.74) is 0. The molecule has 8 atom stereocenters. The predicted molar refractivity (Wildman–Crippen MR) is 38.5 cm³/mol. The largest absolute Gasteiger partial charge is 0.393 e. The molecule has 0 saturated heterocycles. The lowest BCUT2D eigenvalue weighted by Crippen LogP contribution is -2.62. The minimum absolute atomic E-state index is 0.156. The fraction of sp³-hybridized carbons (Fsp3) is 1.00. The van der Waals surface area contributed by atoms with E-state index in [0.717, 1.165) is 47.3 Å². The van der Waals surface area contributed by atoms with Gasteiger partial charge < -0.3 is 5.11 Å². The molecule has 0 aromatic rings. The highest BCUT2D eigenvalue weighted by molar-refractivity contribution is 5.33. The van der Waals surface area contributed by atoms with Crippen LogP contribution in [0.3, 0.4) is 0 Å². The monoisotopic (exact) mass is 148 g/mol. The van der Waals surface area contributed by atoms with Gasteiger partial charge in [-0.1, -0.05) is 0 Å². The van der Waals surface area contributed by atoms with Gasteiger partial charge in [0.1, 0.15) is 0 Å². The zero-order valence-electron chi connectivity index (χ0n) is 6.35. The lowest BCUT2D eigenvalue weighted by molar-refractivity contribution is -0.183. The zero-order valence-corrected chi connectivity index (χ0v) is 6.35. The van der Waals surface area contributed by atoms with Gasteiger partial charge in [-0.15, -0.1) is 0 Å². The van der Waals surface area contributed by atoms with Gasteiger partial charge in [0, 0.05) is 0 Å². The first-order chi connectivity index (χ1) is 5.39. The van der Waals surface area contributed by atoms with Crippen molar-refractivity contribution in [1.29, 1.82) is 0 Å². The molecular weight excluding hydrogens is 136 g/mol. The van der Waals surface area contributed by atoms with Gasteiger partial charge in [-0.2, -0.15) is 0 Å². The highest BCUT2D eigenvalue weighted by Crippen LogP contribution is 2.88. The molecule has 1 N–H and O–H groups in total. The van der Waals surface area contributed by atoms with Crippen molar-refractivity contribution in [3.05, 3.63) is 0 Å². The summed E-state index contributed by atoms with van der Waals surface area (Å²) < 4.78 is 0. The van der Waals surface area contributed by atoms with Gasteiger partial charge in [-0.3, -0.25) is 0 Å². The maximum absolute atomic E-state index is 9.92. The number of fused-ring (bicyclic) bond motifs is 2. The second-order valence-corrected chi connectivity index (χ2v) is 5.52. The Bertz CT molecular complexity index is 231. The predicted octanol–water partition coefficient (Wildman–Crippen LogP) is 0.735. The van der Waals surface area contributed by atoms with E-state index < -0.39 is 0 Å². The van der Waals surface area contributed by atoms with Crippen molar-refractivity contribution in [2.24, 2.45) is 47.3 Å². The molecule has 0 spiro atoms. The fourth-order valence-electron chi connectivity index (χ4n) is 6.00. The molecule has 58 valence electrons. The zero-order chi connectivity index (χ0) is 6.90. The number of aliphatic hydroxyl groups excluding tert-OH is 1. The average molecular weight is 148 g/mol. The van der Waals surface area contributed by atoms with E-state index >= 15 is 0 Å². The van der Waals surface area contributed by atoms with Gasteiger partial charge in [0.25, 0.3) is 0 Å². The lowest BCUT2D eigenvalue weighted by atomic mass is 9.39. The molecule has 5 fully saturated rings. The van der Waals surface area contributed by atoms with Gasteiger partial charge in [0.2, 0.25) is 0 Å². The third-order valence-electron chi connectivity index (χ3n) is 5.98. The molecule has 0 aromatic carbocycles. The number of aliphatic hydroxyl groups is 1. The van der Waals surface area contributed by atoms with Crippen LogP contribution in [0.1, 0.15) is 6.42 Å². The first kappa shape index (κ1) is 4.86. The number of hydrogen-bond donors (Lipinski definition) is 1. The summed E-state index contributed by atoms with van der Waals surface area (Å²) in [4.78, 5) is 0. The fourth-order valence-corrected chi connectivity index (χ4v) is 6.00. The number of rotatable bonds is 0. The van der Waals surface area contributed by atoms with Gasteiger partial charge in [-0.25, -0.2) is 0 Å². The van der Waals surface area contributed by atoms with Gasteiger partial charge in [-0.05, 0) is 53.8 Å². The Kier molecular flexibility index (Phi) is 0.452. The van der Waals surface area contributed by atoms with E-state index in [9.17, 15) is 5.11 Å². The highest BCUT2D eigenvalue weighted by atomic mass is 16.3. The van der Waals surface area contributed by atoms with E-state index in [-0.39, 0.29) is 6.10 Å². The molecule has 5 rings (SSSR count). The van der Waals surface area contributed by atoms with Crippen molar-refractivity contribution < 1.29 is 5.11 Å². The van der Waals surface area contributed by atoms with Crippen LogP contribution < -0.4 is 0 Å². The Morgan fingerprint density at radius 1 is 0.727 bits per heavy atom. The van der Waals surface area contributed by atoms with E-state index in [1.54, 1.807) is 0 Å². The van der Waals surface area contributed by atoms with Gasteiger partial charge in [0.15, 0.2) is 0 Å². The summed E-state index contributed by atoms with van der Waals surface area (Å²) in [7, 11) is 0. The first-order valence-corrected chi connectivity index (χ1v) is 5.07. The standard InChI is InChI=1S/C10H12O/c11-10-6-2-1-3-5-4(2)8(6)9(5)7(3)10/h2-11H,1H2. The van der Waals surface area contributed by atoms with Crippen molar-refractivity contribution in [2.45, 2.75) is 12.5 Å². The highest BCUT2D eigenvalue weighted by Gasteiger charge is 2.86. The topological polar surface area (TPSA) is 20.2 Å². The van der Waals surface area contributed by atoms with Crippen LogP contribution in [0.2, 0.25) is 0 Å². The Balaban J connectivity index is 1.84. The molecule has 0 bridgehead atoms. The van der Waals surface area contributed by atoms with Crippen molar-refractivity contribution >= 4 is 0 Å². The molecule has 1 nitrogen and oxygen atoms in total. The quantitative estimate of drug-likeness (QED) is 0.537. The van der Waals surface area contributed by atoms with Crippen molar-refractivity contribution in [1.82, 2.24) is 0 Å². The van der Waals surface area contributed by atoms with Crippen LogP contribution in [-0.4, -0.2) is 11.2 Å². The van der Waals surface area contributed by atoms with Crippen LogP contribution in [0, 0.1) is 47.3 Å². The van der Waals surface area contributed by atoms with Crippen molar-refractivity contribution in [3.8, 4) is 0 Å². The van der Waals surface area contributed by atoms with E-state index in [1.165, 1.54) is 6.42 Å². The molecule has 0 heterocycles. The molecule has 11 heavy (non-hydrogen) atoms. The normalized spacial score (nSPS) is 90.8. The molecule has 0 amide bonds. The summed E-state index contributed by atoms with van der Waals surface area (Å²) >= 11 is 0. The maximum atomic E-state index is 9.92. The molecule has 0 aromatic heterocycles. The van der Waals surface area contributed by atoms with Crippen LogP contribution in [0.25, 0.3) is 0 Å². The van der Waals surface area contributed by atoms with Crippen molar-refractivity contribution in [3.63, 3.8) is 0 Å². The molecular formula is C10H12O. The van der Waals surface area contributed by atoms with Crippen LogP contribution in [0.4, 0.5) is 0 Å². The smallest absolute Gasteiger partial charge is 0.0607 e. The van der Waals surface area contributed by atoms with Crippen LogP contribution in [-0.2, 0) is 0 Å². The average Bonchev–Trinajstić information content (AvgIpc) is 2.26. The maximum Gasteiger partial charge on any atom is 0.0607 e. The third-order valence-corrected chi connectivity index (χ3v) is 5.98. The molecule has 5 saturated carbocycles. The molecule has 0 aliphatic heterocycles. The van der Waals surface area contributed by atoms with Crippen LogP contribution in [0.5, 0.6) is 0 Å². The van der Waals surface area contributed by atoms with Crippen molar-refractivity contribution in [2.75, 3.05) is 0 Å². The number of hydrogen-bond acceptors (Lipinski definition) is 1. The summed E-state index contributed by atoms with van der Waals surface area (Å²) in [6.45, 7) is 0. The van der Waals surface area contributed by atoms with E-state index in [2.05, 4.69) is 0 Å². The summed E-state index contributed by atoms with van der Waals surface area (Å²) in [6.07, 6.45) is 1.66. The third kappa shape index (κ3) is 0.234. The molecule has 0 radical (unpaired) electrons. The first-order valence-electron chi connectivity index (χ1n) is 5.07. The Labute approximate surface area is 65.8 Å². The molecule has 8 unspecified atom stereocenters. The SMILES string of the molecule is OC1C2C3CC4C1C1C4C3C21. The minimum atomic E-state index is 0.156. The summed E-state index contributed by atoms with van der Waals surface area (Å²) in [5, 5.41) is 9.92.